The van der Waals surface area contributed by atoms with Crippen LogP contribution in [0.2, 0.25) is 0 Å². The summed E-state index contributed by atoms with van der Waals surface area (Å²) in [6, 6.07) is 15.9. The van der Waals surface area contributed by atoms with E-state index in [0.29, 0.717) is 37.7 Å². The van der Waals surface area contributed by atoms with Crippen molar-refractivity contribution in [2.75, 3.05) is 52.4 Å². The minimum atomic E-state index is -0.486. The van der Waals surface area contributed by atoms with Crippen LogP contribution in [0.25, 0.3) is 0 Å². The molecule has 2 aromatic carbocycles. The zero-order chi connectivity index (χ0) is 31.0. The molecule has 0 atom stereocenters. The molecule has 10 nitrogen and oxygen atoms in total. The minimum Gasteiger partial charge on any atom is -0.526 e. The van der Waals surface area contributed by atoms with E-state index in [2.05, 4.69) is 21.9 Å². The van der Waals surface area contributed by atoms with Crippen molar-refractivity contribution >= 4 is 19.9 Å². The first kappa shape index (κ1) is 32.5. The van der Waals surface area contributed by atoms with Crippen molar-refractivity contribution in [3.05, 3.63) is 59.7 Å². The van der Waals surface area contributed by atoms with Gasteiger partial charge in [-0.1, -0.05) is 24.3 Å². The van der Waals surface area contributed by atoms with E-state index >= 15 is 0 Å². The molecule has 0 aliphatic carbocycles. The van der Waals surface area contributed by atoms with Crippen LogP contribution in [-0.2, 0) is 22.6 Å². The van der Waals surface area contributed by atoms with Gasteiger partial charge >= 0.3 is 19.9 Å². The summed E-state index contributed by atoms with van der Waals surface area (Å²) in [4.78, 5) is 32.9. The summed E-state index contributed by atoms with van der Waals surface area (Å²) in [5.41, 5.74) is 1.29. The first-order valence-electron chi connectivity index (χ1n) is 15.1. The Balaban J connectivity index is 1.18. The molecule has 43 heavy (non-hydrogen) atoms. The molecule has 2 heterocycles. The number of carbonyl (C=O) groups excluding carboxylic acids is 2. The first-order chi connectivity index (χ1) is 20.3. The zero-order valence-corrected chi connectivity index (χ0v) is 26.5. The Morgan fingerprint density at radius 2 is 1.00 bits per heavy atom. The van der Waals surface area contributed by atoms with Crippen molar-refractivity contribution < 1.29 is 28.4 Å². The monoisotopic (exact) mass is 593 g/mol. The lowest BCUT2D eigenvalue weighted by atomic mass is 10.1. The molecule has 0 spiro atoms. The Morgan fingerprint density at radius 1 is 0.628 bits per heavy atom. The molecule has 2 amide bonds. The van der Waals surface area contributed by atoms with Crippen molar-refractivity contribution in [2.24, 2.45) is 0 Å². The van der Waals surface area contributed by atoms with E-state index in [1.807, 2.05) is 77.9 Å². The Labute approximate surface area is 257 Å². The van der Waals surface area contributed by atoms with E-state index in [-0.39, 0.29) is 12.2 Å². The Kier molecular flexibility index (Phi) is 10.8. The van der Waals surface area contributed by atoms with Gasteiger partial charge in [0.15, 0.2) is 0 Å². The fourth-order valence-corrected chi connectivity index (χ4v) is 4.92. The van der Waals surface area contributed by atoms with E-state index in [1.165, 1.54) is 7.69 Å². The molecule has 2 aromatic rings. The van der Waals surface area contributed by atoms with E-state index in [4.69, 9.17) is 18.8 Å². The van der Waals surface area contributed by atoms with Crippen LogP contribution in [0, 0.1) is 0 Å². The average Bonchev–Trinajstić information content (AvgIpc) is 2.92. The predicted octanol–water partition coefficient (Wildman–Crippen LogP) is 4.78. The number of carbonyl (C=O) groups is 2. The molecule has 0 bridgehead atoms. The van der Waals surface area contributed by atoms with Crippen LogP contribution in [0.3, 0.4) is 0 Å². The van der Waals surface area contributed by atoms with Gasteiger partial charge in [-0.3, -0.25) is 9.80 Å². The predicted molar refractivity (Wildman–Crippen MR) is 166 cm³/mol. The maximum atomic E-state index is 12.3. The summed E-state index contributed by atoms with van der Waals surface area (Å²) in [6.07, 6.45) is -0.497. The van der Waals surface area contributed by atoms with Gasteiger partial charge in [-0.15, -0.1) is 0 Å². The zero-order valence-electron chi connectivity index (χ0n) is 26.5. The fourth-order valence-electron chi connectivity index (χ4n) is 4.92. The van der Waals surface area contributed by atoms with Crippen LogP contribution in [0.1, 0.15) is 52.7 Å². The lowest BCUT2D eigenvalue weighted by molar-refractivity contribution is 0.0129. The van der Waals surface area contributed by atoms with Gasteiger partial charge in [-0.2, -0.15) is 0 Å². The van der Waals surface area contributed by atoms with Crippen LogP contribution in [0.4, 0.5) is 9.59 Å². The molecule has 2 aliphatic rings. The van der Waals surface area contributed by atoms with Crippen molar-refractivity contribution in [3.8, 4) is 11.5 Å². The van der Waals surface area contributed by atoms with Crippen LogP contribution in [0.5, 0.6) is 11.5 Å². The molecule has 233 valence electrons. The Hall–Kier alpha value is -3.44. The van der Waals surface area contributed by atoms with Crippen molar-refractivity contribution in [1.29, 1.82) is 0 Å². The lowest BCUT2D eigenvalue weighted by Crippen LogP contribution is -2.49. The molecule has 2 fully saturated rings. The minimum absolute atomic E-state index is 0.248. The molecule has 0 unspecified atom stereocenters. The topological polar surface area (TPSA) is 84.0 Å². The largest absolute Gasteiger partial charge is 0.658 e. The number of rotatable bonds is 8. The highest BCUT2D eigenvalue weighted by atomic mass is 16.6. The molecule has 11 heteroatoms. The smallest absolute Gasteiger partial charge is 0.526 e. The lowest BCUT2D eigenvalue weighted by Gasteiger charge is -2.35. The van der Waals surface area contributed by atoms with Gasteiger partial charge in [0, 0.05) is 65.4 Å². The number of hydrogen-bond donors (Lipinski definition) is 0. The van der Waals surface area contributed by atoms with Gasteiger partial charge in [0.05, 0.1) is 0 Å². The number of piperazine rings is 2. The molecular formula is C32H46BN4O6. The highest BCUT2D eigenvalue weighted by molar-refractivity contribution is 6.20. The highest BCUT2D eigenvalue weighted by Gasteiger charge is 2.27. The second kappa shape index (κ2) is 14.4. The number of nitrogens with zero attached hydrogens (tertiary/aromatic N) is 4. The molecule has 2 aliphatic heterocycles. The standard InChI is InChI=1S/C32H46BN4O6/c1-31(2,3)40-29(38)36-17-13-34(14-18-36)23-25-9-7-11-27(21-25)42-33-43-28-12-8-10-26(22-28)24-35-15-19-37(20-16-35)30(39)41-32(4,5)6/h7-12,21-22H,13-20,23-24H2,1-6H3. The normalized spacial score (nSPS) is 16.9. The third-order valence-corrected chi connectivity index (χ3v) is 7.03. The fraction of sp³-hybridized carbons (Fsp3) is 0.562. The average molecular weight is 594 g/mol. The molecule has 2 saturated heterocycles. The van der Waals surface area contributed by atoms with Gasteiger partial charge < -0.3 is 28.6 Å². The SMILES string of the molecule is CC(C)(C)OC(=O)N1CCN(Cc2cccc(O[B]Oc3cccc(CN4CCN(C(=O)OC(C)(C)C)CC4)c3)c2)CC1. The number of ether oxygens (including phenoxy) is 2. The van der Waals surface area contributed by atoms with Crippen LogP contribution in [-0.4, -0.2) is 103 Å². The maximum absolute atomic E-state index is 12.3. The first-order valence-corrected chi connectivity index (χ1v) is 15.1. The van der Waals surface area contributed by atoms with Gasteiger partial charge in [0.2, 0.25) is 0 Å². The summed E-state index contributed by atoms with van der Waals surface area (Å²) in [6.45, 7) is 18.6. The van der Waals surface area contributed by atoms with E-state index in [0.717, 1.165) is 50.4 Å². The van der Waals surface area contributed by atoms with Gasteiger partial charge in [0.1, 0.15) is 22.7 Å². The molecule has 4 rings (SSSR count). The van der Waals surface area contributed by atoms with Crippen molar-refractivity contribution in [1.82, 2.24) is 19.6 Å². The summed E-state index contributed by atoms with van der Waals surface area (Å²) >= 11 is 0. The molecular weight excluding hydrogens is 547 g/mol. The van der Waals surface area contributed by atoms with Crippen molar-refractivity contribution in [2.45, 2.75) is 65.8 Å². The summed E-state index contributed by atoms with van der Waals surface area (Å²) in [7, 11) is 1.36. The molecule has 0 aromatic heterocycles. The Bertz CT molecular complexity index is 1120. The molecule has 1 radical (unpaired) electrons. The quantitative estimate of drug-likeness (QED) is 0.405. The maximum Gasteiger partial charge on any atom is 0.658 e. The summed E-state index contributed by atoms with van der Waals surface area (Å²) in [5, 5.41) is 0. The number of benzene rings is 2. The number of amides is 2. The third-order valence-electron chi connectivity index (χ3n) is 7.03. The van der Waals surface area contributed by atoms with E-state index in [9.17, 15) is 9.59 Å². The van der Waals surface area contributed by atoms with Gasteiger partial charge in [0.25, 0.3) is 0 Å². The number of hydrogen-bond acceptors (Lipinski definition) is 8. The van der Waals surface area contributed by atoms with Crippen LogP contribution >= 0.6 is 0 Å². The third kappa shape index (κ3) is 11.0. The van der Waals surface area contributed by atoms with E-state index < -0.39 is 11.2 Å². The van der Waals surface area contributed by atoms with E-state index in [1.54, 1.807) is 9.80 Å². The van der Waals surface area contributed by atoms with Crippen molar-refractivity contribution in [3.63, 3.8) is 0 Å². The van der Waals surface area contributed by atoms with Gasteiger partial charge in [-0.25, -0.2) is 9.59 Å². The molecule has 0 N–H and O–H groups in total. The second-order valence-electron chi connectivity index (χ2n) is 13.1. The summed E-state index contributed by atoms with van der Waals surface area (Å²) in [5.74, 6) is 1.40. The highest BCUT2D eigenvalue weighted by Crippen LogP contribution is 2.20. The second-order valence-corrected chi connectivity index (χ2v) is 13.1. The van der Waals surface area contributed by atoms with Gasteiger partial charge in [-0.05, 0) is 76.9 Å². The van der Waals surface area contributed by atoms with Crippen LogP contribution in [0.15, 0.2) is 48.5 Å². The Morgan fingerprint density at radius 3 is 1.35 bits per heavy atom. The van der Waals surface area contributed by atoms with Crippen LogP contribution < -0.4 is 9.31 Å². The molecule has 0 saturated carbocycles. The summed E-state index contributed by atoms with van der Waals surface area (Å²) < 4.78 is 22.6.